The quantitative estimate of drug-likeness (QED) is 0.665. The van der Waals surface area contributed by atoms with Crippen molar-refractivity contribution < 1.29 is 14.3 Å². The molecule has 1 N–H and O–H groups in total. The fraction of sp³-hybridized carbons (Fsp3) is 0.353. The highest BCUT2D eigenvalue weighted by atomic mass is 32.2. The molecule has 23 heavy (non-hydrogen) atoms. The van der Waals surface area contributed by atoms with Crippen molar-refractivity contribution in [3.05, 3.63) is 46.7 Å². The minimum Gasteiger partial charge on any atom is -0.494 e. The Morgan fingerprint density at radius 1 is 1.17 bits per heavy atom. The van der Waals surface area contributed by atoms with Gasteiger partial charge < -0.3 is 14.8 Å². The van der Waals surface area contributed by atoms with E-state index in [0.29, 0.717) is 25.5 Å². The zero-order valence-electron chi connectivity index (χ0n) is 13.1. The molecular formula is C17H21NO3S2. The van der Waals surface area contributed by atoms with E-state index in [9.17, 15) is 4.79 Å². The molecule has 0 aliphatic heterocycles. The largest absolute Gasteiger partial charge is 0.494 e. The molecule has 1 aromatic carbocycles. The third-order valence-electron chi connectivity index (χ3n) is 2.90. The molecule has 0 fully saturated rings. The van der Waals surface area contributed by atoms with Crippen LogP contribution < -0.4 is 14.8 Å². The number of thiophene rings is 1. The van der Waals surface area contributed by atoms with E-state index in [2.05, 4.69) is 5.32 Å². The van der Waals surface area contributed by atoms with Crippen LogP contribution in [0.5, 0.6) is 11.5 Å². The van der Waals surface area contributed by atoms with E-state index in [0.717, 1.165) is 17.3 Å². The van der Waals surface area contributed by atoms with E-state index >= 15 is 0 Å². The summed E-state index contributed by atoms with van der Waals surface area (Å²) in [5, 5.41) is 4.92. The minimum atomic E-state index is 0.0597. The Morgan fingerprint density at radius 3 is 2.57 bits per heavy atom. The molecule has 0 saturated carbocycles. The highest BCUT2D eigenvalue weighted by Crippen LogP contribution is 2.17. The monoisotopic (exact) mass is 351 g/mol. The van der Waals surface area contributed by atoms with Crippen LogP contribution in [-0.4, -0.2) is 30.6 Å². The van der Waals surface area contributed by atoms with Crippen LogP contribution in [0.2, 0.25) is 0 Å². The Morgan fingerprint density at radius 2 is 1.91 bits per heavy atom. The third kappa shape index (κ3) is 6.97. The molecular weight excluding hydrogens is 330 g/mol. The predicted molar refractivity (Wildman–Crippen MR) is 96.6 cm³/mol. The molecule has 0 aliphatic carbocycles. The number of nitrogens with one attached hydrogen (secondary N) is 1. The maximum absolute atomic E-state index is 11.7. The molecule has 0 bridgehead atoms. The smallest absolute Gasteiger partial charge is 0.230 e. The lowest BCUT2D eigenvalue weighted by Crippen LogP contribution is -2.24. The van der Waals surface area contributed by atoms with Gasteiger partial charge in [-0.1, -0.05) is 6.07 Å². The summed E-state index contributed by atoms with van der Waals surface area (Å²) in [6.45, 7) is 3.81. The molecule has 1 aromatic heterocycles. The number of benzene rings is 1. The van der Waals surface area contributed by atoms with Crippen molar-refractivity contribution in [1.29, 1.82) is 0 Å². The molecule has 4 nitrogen and oxygen atoms in total. The number of amides is 1. The van der Waals surface area contributed by atoms with Crippen molar-refractivity contribution in [3.8, 4) is 11.5 Å². The molecule has 0 atom stereocenters. The second-order valence-electron chi connectivity index (χ2n) is 4.66. The van der Waals surface area contributed by atoms with E-state index in [1.54, 1.807) is 23.1 Å². The van der Waals surface area contributed by atoms with E-state index in [1.807, 2.05) is 48.7 Å². The Balaban J connectivity index is 1.53. The summed E-state index contributed by atoms with van der Waals surface area (Å²) in [4.78, 5) is 12.9. The van der Waals surface area contributed by atoms with Crippen molar-refractivity contribution >= 4 is 29.0 Å². The number of carbonyl (C=O) groups excluding carboxylic acids is 1. The molecule has 1 heterocycles. The van der Waals surface area contributed by atoms with Crippen LogP contribution in [0, 0.1) is 0 Å². The SMILES string of the molecule is CCOc1ccc(OCCSCC(=O)NCc2cccs2)cc1. The Hall–Kier alpha value is -1.66. The first kappa shape index (κ1) is 17.7. The Kier molecular flexibility index (Phi) is 7.83. The van der Waals surface area contributed by atoms with Crippen molar-refractivity contribution in [2.45, 2.75) is 13.5 Å². The van der Waals surface area contributed by atoms with Gasteiger partial charge in [0.05, 0.1) is 25.5 Å². The summed E-state index contributed by atoms with van der Waals surface area (Å²) in [6.07, 6.45) is 0. The highest BCUT2D eigenvalue weighted by Gasteiger charge is 2.02. The van der Waals surface area contributed by atoms with Gasteiger partial charge in [0.1, 0.15) is 11.5 Å². The fourth-order valence-corrected chi connectivity index (χ4v) is 3.11. The molecule has 0 radical (unpaired) electrons. The van der Waals surface area contributed by atoms with Crippen molar-refractivity contribution in [1.82, 2.24) is 5.32 Å². The van der Waals surface area contributed by atoms with Gasteiger partial charge in [-0.15, -0.1) is 23.1 Å². The topological polar surface area (TPSA) is 47.6 Å². The molecule has 124 valence electrons. The van der Waals surface area contributed by atoms with Gasteiger partial charge in [-0.25, -0.2) is 0 Å². The van der Waals surface area contributed by atoms with Gasteiger partial charge in [0.15, 0.2) is 0 Å². The first-order chi connectivity index (χ1) is 11.3. The summed E-state index contributed by atoms with van der Waals surface area (Å²) < 4.78 is 11.0. The van der Waals surface area contributed by atoms with Gasteiger partial charge in [0.25, 0.3) is 0 Å². The lowest BCUT2D eigenvalue weighted by molar-refractivity contribution is -0.118. The second kappa shape index (κ2) is 10.2. The van der Waals surface area contributed by atoms with Crippen LogP contribution >= 0.6 is 23.1 Å². The molecule has 0 spiro atoms. The van der Waals surface area contributed by atoms with Crippen molar-refractivity contribution in [2.24, 2.45) is 0 Å². The number of rotatable bonds is 10. The molecule has 0 aliphatic rings. The number of hydrogen-bond donors (Lipinski definition) is 1. The third-order valence-corrected chi connectivity index (χ3v) is 4.70. The van der Waals surface area contributed by atoms with Crippen LogP contribution in [0.25, 0.3) is 0 Å². The zero-order chi connectivity index (χ0) is 16.3. The first-order valence-corrected chi connectivity index (χ1v) is 9.54. The lowest BCUT2D eigenvalue weighted by atomic mass is 10.3. The molecule has 0 saturated heterocycles. The molecule has 1 amide bonds. The predicted octanol–water partition coefficient (Wildman–Crippen LogP) is 3.58. The Bertz CT molecular complexity index is 570. The second-order valence-corrected chi connectivity index (χ2v) is 6.80. The van der Waals surface area contributed by atoms with Gasteiger partial charge in [-0.3, -0.25) is 4.79 Å². The highest BCUT2D eigenvalue weighted by molar-refractivity contribution is 7.99. The number of carbonyl (C=O) groups is 1. The summed E-state index contributed by atoms with van der Waals surface area (Å²) in [6, 6.07) is 11.6. The van der Waals surface area contributed by atoms with Crippen LogP contribution in [-0.2, 0) is 11.3 Å². The van der Waals surface area contributed by atoms with Crippen molar-refractivity contribution in [3.63, 3.8) is 0 Å². The van der Waals surface area contributed by atoms with E-state index in [1.165, 1.54) is 4.88 Å². The summed E-state index contributed by atoms with van der Waals surface area (Å²) in [5.41, 5.74) is 0. The van der Waals surface area contributed by atoms with Crippen LogP contribution in [0.15, 0.2) is 41.8 Å². The summed E-state index contributed by atoms with van der Waals surface area (Å²) in [5.74, 6) is 2.95. The minimum absolute atomic E-state index is 0.0597. The average Bonchev–Trinajstić information content (AvgIpc) is 3.08. The normalized spacial score (nSPS) is 10.3. The van der Waals surface area contributed by atoms with Crippen molar-refractivity contribution in [2.75, 3.05) is 24.7 Å². The standard InChI is InChI=1S/C17H21NO3S2/c1-2-20-14-5-7-15(8-6-14)21-9-11-22-13-17(19)18-12-16-4-3-10-23-16/h3-8,10H,2,9,11-13H2,1H3,(H,18,19). The van der Waals surface area contributed by atoms with Crippen LogP contribution in [0.4, 0.5) is 0 Å². The van der Waals surface area contributed by atoms with E-state index in [-0.39, 0.29) is 5.91 Å². The van der Waals surface area contributed by atoms with E-state index in [4.69, 9.17) is 9.47 Å². The van der Waals surface area contributed by atoms with E-state index < -0.39 is 0 Å². The van der Waals surface area contributed by atoms with Gasteiger partial charge >= 0.3 is 0 Å². The van der Waals surface area contributed by atoms with Crippen LogP contribution in [0.1, 0.15) is 11.8 Å². The Labute approximate surface area is 145 Å². The molecule has 6 heteroatoms. The lowest BCUT2D eigenvalue weighted by Gasteiger charge is -2.08. The summed E-state index contributed by atoms with van der Waals surface area (Å²) >= 11 is 3.22. The molecule has 2 aromatic rings. The van der Waals surface area contributed by atoms with Gasteiger partial charge in [0.2, 0.25) is 5.91 Å². The zero-order valence-corrected chi connectivity index (χ0v) is 14.8. The van der Waals surface area contributed by atoms with Gasteiger partial charge in [-0.2, -0.15) is 0 Å². The summed E-state index contributed by atoms with van der Waals surface area (Å²) in [7, 11) is 0. The van der Waals surface area contributed by atoms with Gasteiger partial charge in [0, 0.05) is 10.6 Å². The maximum atomic E-state index is 11.7. The van der Waals surface area contributed by atoms with Gasteiger partial charge in [-0.05, 0) is 42.6 Å². The van der Waals surface area contributed by atoms with Crippen LogP contribution in [0.3, 0.4) is 0 Å². The first-order valence-electron chi connectivity index (χ1n) is 7.50. The molecule has 0 unspecified atom stereocenters. The number of hydrogen-bond acceptors (Lipinski definition) is 5. The number of thioether (sulfide) groups is 1. The maximum Gasteiger partial charge on any atom is 0.230 e. The fourth-order valence-electron chi connectivity index (χ4n) is 1.83. The number of ether oxygens (including phenoxy) is 2. The average molecular weight is 351 g/mol. The molecule has 2 rings (SSSR count).